The molecule has 2 heterocycles. The van der Waals surface area contributed by atoms with Crippen LogP contribution >= 0.6 is 11.6 Å². The summed E-state index contributed by atoms with van der Waals surface area (Å²) < 4.78 is 16.2. The van der Waals surface area contributed by atoms with E-state index in [2.05, 4.69) is 4.98 Å². The van der Waals surface area contributed by atoms with Gasteiger partial charge in [-0.3, -0.25) is 4.79 Å². The summed E-state index contributed by atoms with van der Waals surface area (Å²) in [5, 5.41) is 0.626. The van der Waals surface area contributed by atoms with E-state index >= 15 is 0 Å². The molecule has 0 bridgehead atoms. The molecule has 3 rings (SSSR count). The fraction of sp³-hybridized carbons (Fsp3) is 0.579. The van der Waals surface area contributed by atoms with Crippen LogP contribution in [0.2, 0.25) is 5.02 Å². The molecule has 0 spiro atoms. The molecule has 1 aliphatic rings. The van der Waals surface area contributed by atoms with Crippen LogP contribution in [-0.4, -0.2) is 69.4 Å². The molecule has 0 saturated carbocycles. The van der Waals surface area contributed by atoms with Crippen molar-refractivity contribution in [3.05, 3.63) is 23.2 Å². The largest absolute Gasteiger partial charge is 0.423 e. The molecular weight excluding hydrogens is 370 g/mol. The second kappa shape index (κ2) is 9.39. The monoisotopic (exact) mass is 395 g/mol. The lowest BCUT2D eigenvalue weighted by molar-refractivity contribution is -0.137. The third-order valence-corrected chi connectivity index (χ3v) is 5.06. The molecule has 7 nitrogen and oxygen atoms in total. The number of rotatable bonds is 8. The number of fused-ring (bicyclic) bond motifs is 1. The zero-order valence-electron chi connectivity index (χ0n) is 15.8. The number of nitrogens with zero attached hydrogens (tertiary/aromatic N) is 3. The van der Waals surface area contributed by atoms with Gasteiger partial charge in [-0.1, -0.05) is 11.6 Å². The molecule has 0 N–H and O–H groups in total. The Morgan fingerprint density at radius 3 is 2.78 bits per heavy atom. The van der Waals surface area contributed by atoms with Crippen LogP contribution in [0, 0.1) is 5.92 Å². The van der Waals surface area contributed by atoms with Crippen molar-refractivity contribution < 1.29 is 18.7 Å². The van der Waals surface area contributed by atoms with E-state index in [1.54, 1.807) is 26.4 Å². The molecule has 1 fully saturated rings. The summed E-state index contributed by atoms with van der Waals surface area (Å²) in [4.78, 5) is 21.4. The minimum Gasteiger partial charge on any atom is -0.423 e. The number of ether oxygens (including phenoxy) is 2. The van der Waals surface area contributed by atoms with E-state index in [1.807, 2.05) is 15.9 Å². The molecule has 1 aromatic heterocycles. The van der Waals surface area contributed by atoms with Gasteiger partial charge in [0.2, 0.25) is 5.91 Å². The number of carbonyl (C=O) groups excluding carboxylic acids is 1. The lowest BCUT2D eigenvalue weighted by Crippen LogP contribution is -2.46. The van der Waals surface area contributed by atoms with Crippen LogP contribution in [-0.2, 0) is 14.3 Å². The number of aromatic nitrogens is 1. The van der Waals surface area contributed by atoms with Crippen LogP contribution in [0.15, 0.2) is 22.6 Å². The van der Waals surface area contributed by atoms with Crippen molar-refractivity contribution in [3.8, 4) is 0 Å². The van der Waals surface area contributed by atoms with Crippen molar-refractivity contribution in [1.29, 1.82) is 0 Å². The number of benzene rings is 1. The lowest BCUT2D eigenvalue weighted by Gasteiger charge is -2.34. The Morgan fingerprint density at radius 1 is 1.33 bits per heavy atom. The summed E-state index contributed by atoms with van der Waals surface area (Å²) in [5.41, 5.74) is 1.43. The summed E-state index contributed by atoms with van der Waals surface area (Å²) in [5.74, 6) is 0.0408. The third-order valence-electron chi connectivity index (χ3n) is 4.82. The van der Waals surface area contributed by atoms with Gasteiger partial charge in [-0.2, -0.15) is 4.98 Å². The molecule has 8 heteroatoms. The van der Waals surface area contributed by atoms with Gasteiger partial charge in [0, 0.05) is 45.4 Å². The van der Waals surface area contributed by atoms with Gasteiger partial charge in [-0.05, 0) is 31.0 Å². The Labute approximate surface area is 164 Å². The maximum absolute atomic E-state index is 13.0. The molecule has 148 valence electrons. The summed E-state index contributed by atoms with van der Waals surface area (Å²) >= 11 is 6.03. The topological polar surface area (TPSA) is 68.0 Å². The van der Waals surface area contributed by atoms with Gasteiger partial charge in [-0.15, -0.1) is 0 Å². The zero-order chi connectivity index (χ0) is 19.2. The molecule has 0 aliphatic carbocycles. The van der Waals surface area contributed by atoms with Crippen molar-refractivity contribution in [1.82, 2.24) is 9.88 Å². The van der Waals surface area contributed by atoms with Gasteiger partial charge in [0.05, 0.1) is 19.1 Å². The summed E-state index contributed by atoms with van der Waals surface area (Å²) in [6, 6.07) is 5.93. The van der Waals surface area contributed by atoms with Crippen LogP contribution < -0.4 is 4.90 Å². The molecule has 1 saturated heterocycles. The standard InChI is InChI=1S/C19H26ClN3O4/c1-25-10-8-22(9-11-26-2)18(24)14-4-3-7-23(13-14)19-21-16-12-15(20)5-6-17(16)27-19/h5-6,12,14H,3-4,7-11,13H2,1-2H3. The van der Waals surface area contributed by atoms with E-state index in [-0.39, 0.29) is 11.8 Å². The Morgan fingerprint density at radius 2 is 2.07 bits per heavy atom. The van der Waals surface area contributed by atoms with Gasteiger partial charge in [0.25, 0.3) is 6.01 Å². The maximum atomic E-state index is 13.0. The minimum atomic E-state index is -0.0916. The van der Waals surface area contributed by atoms with E-state index in [4.69, 9.17) is 25.5 Å². The summed E-state index contributed by atoms with van der Waals surface area (Å²) in [6.45, 7) is 3.57. The van der Waals surface area contributed by atoms with E-state index < -0.39 is 0 Å². The fourth-order valence-corrected chi connectivity index (χ4v) is 3.54. The number of hydrogen-bond donors (Lipinski definition) is 0. The first-order chi connectivity index (χ1) is 13.1. The average molecular weight is 396 g/mol. The van der Waals surface area contributed by atoms with Gasteiger partial charge >= 0.3 is 0 Å². The molecule has 27 heavy (non-hydrogen) atoms. The number of methoxy groups -OCH3 is 2. The first kappa shape index (κ1) is 19.9. The third kappa shape index (κ3) is 4.91. The van der Waals surface area contributed by atoms with Crippen LogP contribution in [0.4, 0.5) is 6.01 Å². The molecule has 1 aliphatic heterocycles. The molecule has 2 aromatic rings. The Bertz CT molecular complexity index is 758. The van der Waals surface area contributed by atoms with Gasteiger partial charge < -0.3 is 23.7 Å². The molecular formula is C19H26ClN3O4. The minimum absolute atomic E-state index is 0.0916. The Balaban J connectivity index is 1.70. The highest BCUT2D eigenvalue weighted by Gasteiger charge is 2.31. The first-order valence-corrected chi connectivity index (χ1v) is 9.58. The Kier molecular flexibility index (Phi) is 6.93. The lowest BCUT2D eigenvalue weighted by atomic mass is 9.96. The van der Waals surface area contributed by atoms with Gasteiger partial charge in [0.15, 0.2) is 5.58 Å². The van der Waals surface area contributed by atoms with Crippen molar-refractivity contribution in [2.75, 3.05) is 58.5 Å². The SMILES string of the molecule is COCCN(CCOC)C(=O)C1CCCN(c2nc3cc(Cl)ccc3o2)C1. The van der Waals surface area contributed by atoms with Crippen molar-refractivity contribution >= 4 is 34.6 Å². The molecule has 1 amide bonds. The number of carbonyl (C=O) groups is 1. The highest BCUT2D eigenvalue weighted by Crippen LogP contribution is 2.28. The number of anilines is 1. The van der Waals surface area contributed by atoms with Crippen molar-refractivity contribution in [3.63, 3.8) is 0 Å². The summed E-state index contributed by atoms with van der Waals surface area (Å²) in [6.07, 6.45) is 1.77. The van der Waals surface area contributed by atoms with E-state index in [1.165, 1.54) is 0 Å². The number of halogens is 1. The second-order valence-electron chi connectivity index (χ2n) is 6.70. The van der Waals surface area contributed by atoms with Crippen LogP contribution in [0.25, 0.3) is 11.1 Å². The van der Waals surface area contributed by atoms with Crippen LogP contribution in [0.3, 0.4) is 0 Å². The average Bonchev–Trinajstić information content (AvgIpc) is 3.11. The highest BCUT2D eigenvalue weighted by molar-refractivity contribution is 6.31. The Hall–Kier alpha value is -1.83. The van der Waals surface area contributed by atoms with E-state index in [9.17, 15) is 4.79 Å². The first-order valence-electron chi connectivity index (χ1n) is 9.20. The van der Waals surface area contributed by atoms with Crippen LogP contribution in [0.5, 0.6) is 0 Å². The van der Waals surface area contributed by atoms with Gasteiger partial charge in [-0.25, -0.2) is 0 Å². The molecule has 1 aromatic carbocycles. The van der Waals surface area contributed by atoms with Crippen LogP contribution in [0.1, 0.15) is 12.8 Å². The number of amides is 1. The van der Waals surface area contributed by atoms with Crippen molar-refractivity contribution in [2.45, 2.75) is 12.8 Å². The normalized spacial score (nSPS) is 17.4. The quantitative estimate of drug-likeness (QED) is 0.684. The fourth-order valence-electron chi connectivity index (χ4n) is 3.37. The molecule has 1 unspecified atom stereocenters. The van der Waals surface area contributed by atoms with Crippen molar-refractivity contribution in [2.24, 2.45) is 5.92 Å². The second-order valence-corrected chi connectivity index (χ2v) is 7.14. The predicted molar refractivity (Wildman–Crippen MR) is 104 cm³/mol. The predicted octanol–water partition coefficient (Wildman–Crippen LogP) is 2.82. The smallest absolute Gasteiger partial charge is 0.298 e. The number of hydrogen-bond acceptors (Lipinski definition) is 6. The summed E-state index contributed by atoms with van der Waals surface area (Å²) in [7, 11) is 3.28. The number of piperidine rings is 1. The maximum Gasteiger partial charge on any atom is 0.298 e. The number of oxazole rings is 1. The zero-order valence-corrected chi connectivity index (χ0v) is 16.6. The van der Waals surface area contributed by atoms with Gasteiger partial charge in [0.1, 0.15) is 5.52 Å². The molecule has 1 atom stereocenters. The highest BCUT2D eigenvalue weighted by atomic mass is 35.5. The van der Waals surface area contributed by atoms with E-state index in [0.29, 0.717) is 49.5 Å². The molecule has 0 radical (unpaired) electrons. The van der Waals surface area contributed by atoms with E-state index in [0.717, 1.165) is 24.9 Å².